The summed E-state index contributed by atoms with van der Waals surface area (Å²) < 4.78 is 5.37. The Bertz CT molecular complexity index is 851. The van der Waals surface area contributed by atoms with Gasteiger partial charge >= 0.3 is 0 Å². The summed E-state index contributed by atoms with van der Waals surface area (Å²) in [5, 5.41) is 4.00. The van der Waals surface area contributed by atoms with Crippen molar-refractivity contribution >= 4 is 22.6 Å². The molecule has 0 saturated carbocycles. The Morgan fingerprint density at radius 1 is 1.20 bits per heavy atom. The number of rotatable bonds is 4. The van der Waals surface area contributed by atoms with E-state index in [1.807, 2.05) is 42.5 Å². The van der Waals surface area contributed by atoms with Gasteiger partial charge in [-0.2, -0.15) is 0 Å². The molecule has 1 amide bonds. The third-order valence-corrected chi connectivity index (χ3v) is 4.37. The molecular weight excluding hydrogens is 316 g/mol. The molecule has 0 unspecified atom stereocenters. The zero-order chi connectivity index (χ0) is 17.1. The van der Waals surface area contributed by atoms with E-state index >= 15 is 0 Å². The van der Waals surface area contributed by atoms with Crippen LogP contribution in [0.2, 0.25) is 0 Å². The van der Waals surface area contributed by atoms with Gasteiger partial charge in [0.25, 0.3) is 5.91 Å². The average Bonchev–Trinajstić information content (AvgIpc) is 3.11. The van der Waals surface area contributed by atoms with Gasteiger partial charge in [-0.25, -0.2) is 4.98 Å². The fraction of sp³-hybridized carbons (Fsp3) is 0.263. The maximum atomic E-state index is 12.4. The Morgan fingerprint density at radius 2 is 2.04 bits per heavy atom. The van der Waals surface area contributed by atoms with Gasteiger partial charge in [-0.1, -0.05) is 18.2 Å². The van der Waals surface area contributed by atoms with Crippen molar-refractivity contribution in [2.45, 2.75) is 6.54 Å². The molecule has 0 bridgehead atoms. The van der Waals surface area contributed by atoms with E-state index in [9.17, 15) is 4.79 Å². The molecule has 6 nitrogen and oxygen atoms in total. The number of carbonyl (C=O) groups excluding carboxylic acids is 1. The third kappa shape index (κ3) is 3.49. The maximum absolute atomic E-state index is 12.4. The number of hydrogen-bond acceptors (Lipinski definition) is 4. The number of nitrogens with one attached hydrogen (secondary N) is 2. The van der Waals surface area contributed by atoms with Crippen LogP contribution in [0.4, 0.5) is 5.82 Å². The topological polar surface area (TPSA) is 70.2 Å². The minimum absolute atomic E-state index is 0.110. The van der Waals surface area contributed by atoms with Crippen LogP contribution >= 0.6 is 0 Å². The summed E-state index contributed by atoms with van der Waals surface area (Å²) >= 11 is 0. The molecule has 0 aliphatic carbocycles. The Kier molecular flexibility index (Phi) is 4.35. The first kappa shape index (κ1) is 15.7. The summed E-state index contributed by atoms with van der Waals surface area (Å²) in [5.74, 6) is 0.821. The summed E-state index contributed by atoms with van der Waals surface area (Å²) in [5.41, 5.74) is 2.57. The predicted octanol–water partition coefficient (Wildman–Crippen LogP) is 2.33. The number of H-pyrrole nitrogens is 1. The summed E-state index contributed by atoms with van der Waals surface area (Å²) in [4.78, 5) is 22.2. The highest BCUT2D eigenvalue weighted by Gasteiger charge is 2.13. The molecular formula is C19H20N4O2. The van der Waals surface area contributed by atoms with Gasteiger partial charge in [-0.15, -0.1) is 0 Å². The molecule has 2 N–H and O–H groups in total. The summed E-state index contributed by atoms with van der Waals surface area (Å²) in [6.45, 7) is 3.61. The molecule has 3 aromatic rings. The number of fused-ring (bicyclic) bond motifs is 1. The van der Waals surface area contributed by atoms with E-state index in [0.29, 0.717) is 12.2 Å². The van der Waals surface area contributed by atoms with Crippen molar-refractivity contribution in [1.29, 1.82) is 0 Å². The lowest BCUT2D eigenvalue weighted by Crippen LogP contribution is -2.36. The number of para-hydroxylation sites is 1. The summed E-state index contributed by atoms with van der Waals surface area (Å²) in [7, 11) is 0. The molecule has 1 aliphatic rings. The fourth-order valence-electron chi connectivity index (χ4n) is 3.01. The summed E-state index contributed by atoms with van der Waals surface area (Å²) in [6.07, 6.45) is 1.79. The lowest BCUT2D eigenvalue weighted by molar-refractivity contribution is 0.0946. The number of nitrogens with zero attached hydrogens (tertiary/aromatic N) is 2. The van der Waals surface area contributed by atoms with Gasteiger partial charge in [0.2, 0.25) is 0 Å². The molecule has 128 valence electrons. The number of anilines is 1. The number of hydrogen-bond donors (Lipinski definition) is 2. The molecule has 4 rings (SSSR count). The van der Waals surface area contributed by atoms with Crippen LogP contribution in [0.5, 0.6) is 0 Å². The second kappa shape index (κ2) is 6.94. The molecule has 0 radical (unpaired) electrons. The molecule has 1 aromatic carbocycles. The number of aromatic amines is 1. The second-order valence-electron chi connectivity index (χ2n) is 6.07. The summed E-state index contributed by atoms with van der Waals surface area (Å²) in [6, 6.07) is 13.7. The number of morpholine rings is 1. The van der Waals surface area contributed by atoms with Gasteiger partial charge in [0, 0.05) is 36.7 Å². The van der Waals surface area contributed by atoms with E-state index in [-0.39, 0.29) is 5.91 Å². The monoisotopic (exact) mass is 336 g/mol. The Hall–Kier alpha value is -2.86. The van der Waals surface area contributed by atoms with Gasteiger partial charge in [0.05, 0.1) is 13.2 Å². The van der Waals surface area contributed by atoms with E-state index < -0.39 is 0 Å². The largest absolute Gasteiger partial charge is 0.378 e. The Labute approximate surface area is 145 Å². The predicted molar refractivity (Wildman–Crippen MR) is 96.7 cm³/mol. The van der Waals surface area contributed by atoms with Crippen molar-refractivity contribution in [2.75, 3.05) is 31.2 Å². The fourth-order valence-corrected chi connectivity index (χ4v) is 3.01. The number of benzene rings is 1. The highest BCUT2D eigenvalue weighted by molar-refractivity contribution is 5.97. The van der Waals surface area contributed by atoms with Crippen molar-refractivity contribution in [1.82, 2.24) is 15.3 Å². The molecule has 6 heteroatoms. The normalized spacial score (nSPS) is 14.6. The van der Waals surface area contributed by atoms with Crippen molar-refractivity contribution in [3.8, 4) is 0 Å². The quantitative estimate of drug-likeness (QED) is 0.767. The van der Waals surface area contributed by atoms with Gasteiger partial charge in [0.1, 0.15) is 11.5 Å². The van der Waals surface area contributed by atoms with Crippen molar-refractivity contribution in [2.24, 2.45) is 0 Å². The van der Waals surface area contributed by atoms with Gasteiger partial charge in [0.15, 0.2) is 0 Å². The van der Waals surface area contributed by atoms with Crippen LogP contribution in [0, 0.1) is 0 Å². The van der Waals surface area contributed by atoms with E-state index in [0.717, 1.165) is 48.6 Å². The van der Waals surface area contributed by atoms with Crippen LogP contribution in [-0.4, -0.2) is 42.2 Å². The zero-order valence-corrected chi connectivity index (χ0v) is 13.9. The molecule has 3 heterocycles. The number of pyridine rings is 1. The molecule has 25 heavy (non-hydrogen) atoms. The van der Waals surface area contributed by atoms with Crippen LogP contribution in [0.1, 0.15) is 16.1 Å². The third-order valence-electron chi connectivity index (χ3n) is 4.37. The number of carbonyl (C=O) groups is 1. The first-order valence-corrected chi connectivity index (χ1v) is 8.43. The van der Waals surface area contributed by atoms with Crippen molar-refractivity contribution in [3.05, 3.63) is 59.9 Å². The lowest BCUT2D eigenvalue weighted by atomic mass is 10.2. The Balaban J connectivity index is 1.42. The molecule has 1 saturated heterocycles. The highest BCUT2D eigenvalue weighted by atomic mass is 16.5. The molecule has 2 aromatic heterocycles. The maximum Gasteiger partial charge on any atom is 0.267 e. The Morgan fingerprint density at radius 3 is 2.88 bits per heavy atom. The number of ether oxygens (including phenoxy) is 1. The second-order valence-corrected chi connectivity index (χ2v) is 6.07. The standard InChI is InChI=1S/C19H20N4O2/c24-19(17-12-15-3-1-2-4-16(15)22-17)21-13-14-5-6-20-18(11-14)23-7-9-25-10-8-23/h1-6,11-12,22H,7-10,13H2,(H,21,24). The van der Waals surface area contributed by atoms with Crippen LogP contribution in [0.15, 0.2) is 48.7 Å². The van der Waals surface area contributed by atoms with Crippen LogP contribution in [-0.2, 0) is 11.3 Å². The SMILES string of the molecule is O=C(NCc1ccnc(N2CCOCC2)c1)c1cc2ccccc2[nH]1. The van der Waals surface area contributed by atoms with E-state index in [1.54, 1.807) is 6.20 Å². The van der Waals surface area contributed by atoms with E-state index in [2.05, 4.69) is 20.2 Å². The van der Waals surface area contributed by atoms with Crippen LogP contribution in [0.3, 0.4) is 0 Å². The van der Waals surface area contributed by atoms with Crippen LogP contribution in [0.25, 0.3) is 10.9 Å². The van der Waals surface area contributed by atoms with Crippen molar-refractivity contribution < 1.29 is 9.53 Å². The number of amides is 1. The zero-order valence-electron chi connectivity index (χ0n) is 13.9. The highest BCUT2D eigenvalue weighted by Crippen LogP contribution is 2.16. The van der Waals surface area contributed by atoms with Crippen LogP contribution < -0.4 is 10.2 Å². The average molecular weight is 336 g/mol. The van der Waals surface area contributed by atoms with Gasteiger partial charge in [-0.05, 0) is 29.8 Å². The van der Waals surface area contributed by atoms with E-state index in [4.69, 9.17) is 4.74 Å². The minimum atomic E-state index is -0.110. The lowest BCUT2D eigenvalue weighted by Gasteiger charge is -2.28. The van der Waals surface area contributed by atoms with Gasteiger partial charge in [-0.3, -0.25) is 4.79 Å². The smallest absolute Gasteiger partial charge is 0.267 e. The van der Waals surface area contributed by atoms with Crippen molar-refractivity contribution in [3.63, 3.8) is 0 Å². The first-order chi connectivity index (χ1) is 12.3. The van der Waals surface area contributed by atoms with Gasteiger partial charge < -0.3 is 19.9 Å². The minimum Gasteiger partial charge on any atom is -0.378 e. The molecule has 1 fully saturated rings. The first-order valence-electron chi connectivity index (χ1n) is 8.43. The molecule has 0 atom stereocenters. The molecule has 0 spiro atoms. The van der Waals surface area contributed by atoms with E-state index in [1.165, 1.54) is 0 Å². The number of aromatic nitrogens is 2. The molecule has 1 aliphatic heterocycles.